The molecule has 0 saturated heterocycles. The summed E-state index contributed by atoms with van der Waals surface area (Å²) in [5, 5.41) is 27.5. The van der Waals surface area contributed by atoms with Gasteiger partial charge in [-0.1, -0.05) is 36.4 Å². The first-order valence-corrected chi connectivity index (χ1v) is 10.6. The van der Waals surface area contributed by atoms with Crippen molar-refractivity contribution in [2.24, 2.45) is 0 Å². The SMILES string of the molecule is CC(NC(=O)[C@H](O)[C@@H](O)C(=O)N1CCc2ccccc2C1)c1ccc(-n2cccn2)cc1. The number of benzene rings is 2. The zero-order valence-corrected chi connectivity index (χ0v) is 17.8. The zero-order chi connectivity index (χ0) is 22.7. The van der Waals surface area contributed by atoms with Gasteiger partial charge in [-0.15, -0.1) is 0 Å². The fourth-order valence-corrected chi connectivity index (χ4v) is 3.87. The van der Waals surface area contributed by atoms with E-state index in [0.717, 1.165) is 22.4 Å². The lowest BCUT2D eigenvalue weighted by molar-refractivity contribution is -0.154. The standard InChI is InChI=1S/C24H26N4O4/c1-16(17-7-9-20(10-8-17)28-13-4-12-25-28)26-23(31)21(29)22(30)24(32)27-14-11-18-5-2-3-6-19(18)15-27/h2-10,12-13,16,21-22,29-30H,11,14-15H2,1H3,(H,26,31)/t16?,21-,22-/m1/s1. The Bertz CT molecular complexity index is 1080. The van der Waals surface area contributed by atoms with Crippen LogP contribution in [-0.2, 0) is 22.6 Å². The molecule has 8 nitrogen and oxygen atoms in total. The highest BCUT2D eigenvalue weighted by Gasteiger charge is 2.35. The summed E-state index contributed by atoms with van der Waals surface area (Å²) in [5.74, 6) is -1.45. The summed E-state index contributed by atoms with van der Waals surface area (Å²) >= 11 is 0. The van der Waals surface area contributed by atoms with Crippen molar-refractivity contribution in [2.45, 2.75) is 38.1 Å². The maximum Gasteiger partial charge on any atom is 0.255 e. The molecule has 8 heteroatoms. The summed E-state index contributed by atoms with van der Waals surface area (Å²) < 4.78 is 1.72. The van der Waals surface area contributed by atoms with Crippen molar-refractivity contribution in [3.8, 4) is 5.69 Å². The molecule has 2 amide bonds. The highest BCUT2D eigenvalue weighted by atomic mass is 16.3. The monoisotopic (exact) mass is 434 g/mol. The highest BCUT2D eigenvalue weighted by molar-refractivity contribution is 5.91. The number of carbonyl (C=O) groups is 2. The number of aliphatic hydroxyl groups is 2. The minimum Gasteiger partial charge on any atom is -0.380 e. The second-order valence-corrected chi connectivity index (χ2v) is 7.94. The number of fused-ring (bicyclic) bond motifs is 1. The predicted octanol–water partition coefficient (Wildman–Crippen LogP) is 1.36. The molecule has 1 aliphatic heterocycles. The molecule has 1 unspecified atom stereocenters. The van der Waals surface area contributed by atoms with Crippen LogP contribution in [0.25, 0.3) is 5.69 Å². The van der Waals surface area contributed by atoms with Crippen LogP contribution >= 0.6 is 0 Å². The van der Waals surface area contributed by atoms with Crippen LogP contribution in [0, 0.1) is 0 Å². The van der Waals surface area contributed by atoms with Gasteiger partial charge in [0.2, 0.25) is 0 Å². The second kappa shape index (κ2) is 9.33. The van der Waals surface area contributed by atoms with Gasteiger partial charge >= 0.3 is 0 Å². The van der Waals surface area contributed by atoms with Gasteiger partial charge in [0, 0.05) is 25.5 Å². The number of amides is 2. The van der Waals surface area contributed by atoms with E-state index in [1.807, 2.05) is 60.8 Å². The summed E-state index contributed by atoms with van der Waals surface area (Å²) in [6, 6.07) is 16.6. The van der Waals surface area contributed by atoms with Crippen LogP contribution in [0.5, 0.6) is 0 Å². The summed E-state index contributed by atoms with van der Waals surface area (Å²) in [5.41, 5.74) is 3.86. The molecule has 1 aliphatic rings. The second-order valence-electron chi connectivity index (χ2n) is 7.94. The largest absolute Gasteiger partial charge is 0.380 e. The van der Waals surface area contributed by atoms with E-state index in [4.69, 9.17) is 0 Å². The molecule has 0 fully saturated rings. The number of carbonyl (C=O) groups excluding carboxylic acids is 2. The molecule has 0 saturated carbocycles. The van der Waals surface area contributed by atoms with Gasteiger partial charge in [0.15, 0.2) is 12.2 Å². The number of aromatic nitrogens is 2. The molecule has 0 spiro atoms. The molecule has 1 aromatic heterocycles. The van der Waals surface area contributed by atoms with Crippen molar-refractivity contribution in [3.63, 3.8) is 0 Å². The molecule has 2 heterocycles. The lowest BCUT2D eigenvalue weighted by atomic mass is 9.99. The van der Waals surface area contributed by atoms with Crippen molar-refractivity contribution in [1.29, 1.82) is 0 Å². The van der Waals surface area contributed by atoms with Crippen molar-refractivity contribution in [3.05, 3.63) is 83.7 Å². The summed E-state index contributed by atoms with van der Waals surface area (Å²) in [7, 11) is 0. The van der Waals surface area contributed by atoms with E-state index in [9.17, 15) is 19.8 Å². The van der Waals surface area contributed by atoms with Crippen LogP contribution in [0.15, 0.2) is 67.0 Å². The first kappa shape index (κ1) is 21.7. The van der Waals surface area contributed by atoms with Gasteiger partial charge in [0.05, 0.1) is 11.7 Å². The van der Waals surface area contributed by atoms with Crippen LogP contribution in [0.3, 0.4) is 0 Å². The molecule has 3 atom stereocenters. The molecular weight excluding hydrogens is 408 g/mol. The summed E-state index contributed by atoms with van der Waals surface area (Å²) in [6.07, 6.45) is 0.506. The number of hydrogen-bond acceptors (Lipinski definition) is 5. The third kappa shape index (κ3) is 4.56. The van der Waals surface area contributed by atoms with E-state index in [1.54, 1.807) is 17.8 Å². The molecular formula is C24H26N4O4. The Labute approximate surface area is 186 Å². The van der Waals surface area contributed by atoms with Gasteiger partial charge in [-0.25, -0.2) is 4.68 Å². The topological polar surface area (TPSA) is 108 Å². The number of nitrogens with one attached hydrogen (secondary N) is 1. The fourth-order valence-electron chi connectivity index (χ4n) is 3.87. The van der Waals surface area contributed by atoms with E-state index in [0.29, 0.717) is 19.5 Å². The molecule has 166 valence electrons. The average Bonchev–Trinajstić information content (AvgIpc) is 3.37. The van der Waals surface area contributed by atoms with Gasteiger partial charge in [0.25, 0.3) is 11.8 Å². The predicted molar refractivity (Wildman–Crippen MR) is 118 cm³/mol. The van der Waals surface area contributed by atoms with Gasteiger partial charge in [-0.05, 0) is 48.2 Å². The van der Waals surface area contributed by atoms with Crippen molar-refractivity contribution < 1.29 is 19.8 Å². The zero-order valence-electron chi connectivity index (χ0n) is 17.8. The van der Waals surface area contributed by atoms with Crippen LogP contribution in [0.2, 0.25) is 0 Å². The minimum absolute atomic E-state index is 0.347. The Hall–Kier alpha value is -3.49. The van der Waals surface area contributed by atoms with E-state index in [-0.39, 0.29) is 0 Å². The Morgan fingerprint density at radius 2 is 1.72 bits per heavy atom. The van der Waals surface area contributed by atoms with Crippen molar-refractivity contribution >= 4 is 11.8 Å². The smallest absolute Gasteiger partial charge is 0.255 e. The first-order valence-electron chi connectivity index (χ1n) is 10.6. The number of aliphatic hydroxyl groups excluding tert-OH is 2. The van der Waals surface area contributed by atoms with Gasteiger partial charge < -0.3 is 20.4 Å². The molecule has 0 radical (unpaired) electrons. The van der Waals surface area contributed by atoms with Gasteiger partial charge in [-0.2, -0.15) is 5.10 Å². The molecule has 0 aliphatic carbocycles. The number of rotatable bonds is 6. The average molecular weight is 434 g/mol. The number of nitrogens with zero attached hydrogens (tertiary/aromatic N) is 3. The Kier molecular flexibility index (Phi) is 6.34. The highest BCUT2D eigenvalue weighted by Crippen LogP contribution is 2.20. The van der Waals surface area contributed by atoms with Crippen molar-refractivity contribution in [1.82, 2.24) is 20.0 Å². The molecule has 0 bridgehead atoms. The fraction of sp³-hybridized carbons (Fsp3) is 0.292. The lowest BCUT2D eigenvalue weighted by Gasteiger charge is -2.31. The quantitative estimate of drug-likeness (QED) is 0.543. The van der Waals surface area contributed by atoms with Gasteiger partial charge in [0.1, 0.15) is 0 Å². The molecule has 2 aromatic carbocycles. The third-order valence-electron chi connectivity index (χ3n) is 5.78. The van der Waals surface area contributed by atoms with Crippen molar-refractivity contribution in [2.75, 3.05) is 6.54 Å². The van der Waals surface area contributed by atoms with Gasteiger partial charge in [-0.3, -0.25) is 9.59 Å². The lowest BCUT2D eigenvalue weighted by Crippen LogP contribution is -2.51. The summed E-state index contributed by atoms with van der Waals surface area (Å²) in [4.78, 5) is 26.7. The number of hydrogen-bond donors (Lipinski definition) is 3. The van der Waals surface area contributed by atoms with E-state index >= 15 is 0 Å². The third-order valence-corrected chi connectivity index (χ3v) is 5.78. The molecule has 3 aromatic rings. The van der Waals surface area contributed by atoms with Crippen LogP contribution in [0.1, 0.15) is 29.7 Å². The first-order chi connectivity index (χ1) is 15.4. The molecule has 32 heavy (non-hydrogen) atoms. The van der Waals surface area contributed by atoms with E-state index in [1.165, 1.54) is 4.90 Å². The van der Waals surface area contributed by atoms with E-state index in [2.05, 4.69) is 10.4 Å². The van der Waals surface area contributed by atoms with Crippen LogP contribution in [-0.4, -0.2) is 55.5 Å². The maximum atomic E-state index is 12.7. The molecule has 4 rings (SSSR count). The summed E-state index contributed by atoms with van der Waals surface area (Å²) in [6.45, 7) is 2.54. The Balaban J connectivity index is 1.35. The Morgan fingerprint density at radius 1 is 1.00 bits per heavy atom. The minimum atomic E-state index is -1.86. The molecule has 3 N–H and O–H groups in total. The maximum absolute atomic E-state index is 12.7. The van der Waals surface area contributed by atoms with Crippen LogP contribution < -0.4 is 5.32 Å². The van der Waals surface area contributed by atoms with Crippen LogP contribution in [0.4, 0.5) is 0 Å². The van der Waals surface area contributed by atoms with E-state index < -0.39 is 30.1 Å². The Morgan fingerprint density at radius 3 is 2.41 bits per heavy atom. The normalized spacial score (nSPS) is 16.0.